The summed E-state index contributed by atoms with van der Waals surface area (Å²) in [5, 5.41) is 5.26. The zero-order valence-electron chi connectivity index (χ0n) is 9.63. The summed E-state index contributed by atoms with van der Waals surface area (Å²) in [5.74, 6) is -1.61. The average molecular weight is 291 g/mol. The molecule has 18 heavy (non-hydrogen) atoms. The van der Waals surface area contributed by atoms with E-state index in [1.54, 1.807) is 18.2 Å². The Morgan fingerprint density at radius 1 is 1.22 bits per heavy atom. The zero-order valence-corrected chi connectivity index (χ0v) is 11.1. The van der Waals surface area contributed by atoms with Crippen molar-refractivity contribution >= 4 is 40.7 Å². The summed E-state index contributed by atoms with van der Waals surface area (Å²) >= 11 is 11.7. The van der Waals surface area contributed by atoms with Crippen LogP contribution in [0.3, 0.4) is 0 Å². The van der Waals surface area contributed by atoms with Crippen molar-refractivity contribution < 1.29 is 14.3 Å². The SMILES string of the molecule is COCCNC(=O)C(=O)Nc1c(Cl)cccc1Cl. The first kappa shape index (κ1) is 14.8. The van der Waals surface area contributed by atoms with Crippen LogP contribution in [0.25, 0.3) is 0 Å². The highest BCUT2D eigenvalue weighted by atomic mass is 35.5. The zero-order chi connectivity index (χ0) is 13.5. The van der Waals surface area contributed by atoms with E-state index in [9.17, 15) is 9.59 Å². The van der Waals surface area contributed by atoms with Crippen molar-refractivity contribution in [1.82, 2.24) is 5.32 Å². The molecule has 1 aromatic carbocycles. The number of para-hydroxylation sites is 1. The van der Waals surface area contributed by atoms with Gasteiger partial charge >= 0.3 is 11.8 Å². The Labute approximate surface area is 114 Å². The van der Waals surface area contributed by atoms with E-state index in [-0.39, 0.29) is 22.3 Å². The summed E-state index contributed by atoms with van der Waals surface area (Å²) < 4.78 is 4.74. The fraction of sp³-hybridized carbons (Fsp3) is 0.273. The fourth-order valence-corrected chi connectivity index (χ4v) is 1.63. The number of hydrogen-bond donors (Lipinski definition) is 2. The van der Waals surface area contributed by atoms with Gasteiger partial charge in [0.1, 0.15) is 0 Å². The van der Waals surface area contributed by atoms with Gasteiger partial charge < -0.3 is 15.4 Å². The topological polar surface area (TPSA) is 67.4 Å². The van der Waals surface area contributed by atoms with Crippen molar-refractivity contribution in [3.8, 4) is 0 Å². The Morgan fingerprint density at radius 3 is 2.39 bits per heavy atom. The maximum absolute atomic E-state index is 11.5. The van der Waals surface area contributed by atoms with E-state index in [2.05, 4.69) is 10.6 Å². The Hall–Kier alpha value is -1.30. The summed E-state index contributed by atoms with van der Waals surface area (Å²) in [6.07, 6.45) is 0. The molecule has 0 aliphatic heterocycles. The molecular weight excluding hydrogens is 279 g/mol. The summed E-state index contributed by atoms with van der Waals surface area (Å²) in [4.78, 5) is 22.9. The number of hydrogen-bond acceptors (Lipinski definition) is 3. The maximum atomic E-state index is 11.5. The van der Waals surface area contributed by atoms with Gasteiger partial charge in [-0.1, -0.05) is 29.3 Å². The first-order valence-corrected chi connectivity index (χ1v) is 5.84. The number of amides is 2. The molecule has 0 spiro atoms. The third-order valence-corrected chi connectivity index (χ3v) is 2.63. The molecule has 0 heterocycles. The van der Waals surface area contributed by atoms with E-state index < -0.39 is 11.8 Å². The third-order valence-electron chi connectivity index (χ3n) is 2.00. The fourth-order valence-electron chi connectivity index (χ4n) is 1.13. The van der Waals surface area contributed by atoms with Gasteiger partial charge in [-0.2, -0.15) is 0 Å². The first-order chi connectivity index (χ1) is 8.56. The largest absolute Gasteiger partial charge is 0.383 e. The number of anilines is 1. The molecule has 2 N–H and O–H groups in total. The number of ether oxygens (including phenoxy) is 1. The third kappa shape index (κ3) is 4.18. The molecule has 0 saturated carbocycles. The summed E-state index contributed by atoms with van der Waals surface area (Å²) in [6.45, 7) is 0.574. The van der Waals surface area contributed by atoms with E-state index in [1.807, 2.05) is 0 Å². The highest BCUT2D eigenvalue weighted by Gasteiger charge is 2.16. The monoisotopic (exact) mass is 290 g/mol. The molecule has 98 valence electrons. The number of nitrogens with one attached hydrogen (secondary N) is 2. The van der Waals surface area contributed by atoms with Gasteiger partial charge in [-0.3, -0.25) is 9.59 Å². The molecule has 1 aromatic rings. The van der Waals surface area contributed by atoms with Crippen LogP contribution in [0.1, 0.15) is 0 Å². The Bertz CT molecular complexity index is 432. The lowest BCUT2D eigenvalue weighted by Crippen LogP contribution is -2.37. The van der Waals surface area contributed by atoms with Gasteiger partial charge in [0.05, 0.1) is 22.3 Å². The molecule has 0 aromatic heterocycles. The Kier molecular flexibility index (Phi) is 5.91. The van der Waals surface area contributed by atoms with E-state index in [1.165, 1.54) is 7.11 Å². The molecule has 1 rings (SSSR count). The second-order valence-electron chi connectivity index (χ2n) is 3.30. The standard InChI is InChI=1S/C11H12Cl2N2O3/c1-18-6-5-14-10(16)11(17)15-9-7(12)3-2-4-8(9)13/h2-4H,5-6H2,1H3,(H,14,16)(H,15,17). The molecule has 0 aliphatic rings. The number of rotatable bonds is 4. The van der Waals surface area contributed by atoms with Crippen LogP contribution in [0.5, 0.6) is 0 Å². The first-order valence-electron chi connectivity index (χ1n) is 5.08. The molecule has 0 radical (unpaired) electrons. The van der Waals surface area contributed by atoms with Gasteiger partial charge in [-0.25, -0.2) is 0 Å². The van der Waals surface area contributed by atoms with Crippen LogP contribution in [0.2, 0.25) is 10.0 Å². The second kappa shape index (κ2) is 7.20. The van der Waals surface area contributed by atoms with Crippen molar-refractivity contribution in [3.63, 3.8) is 0 Å². The maximum Gasteiger partial charge on any atom is 0.313 e. The number of carbonyl (C=O) groups excluding carboxylic acids is 2. The Balaban J connectivity index is 2.61. The van der Waals surface area contributed by atoms with Crippen LogP contribution in [0.15, 0.2) is 18.2 Å². The number of halogens is 2. The number of benzene rings is 1. The van der Waals surface area contributed by atoms with Crippen LogP contribution in [-0.2, 0) is 14.3 Å². The minimum absolute atomic E-state index is 0.215. The van der Waals surface area contributed by atoms with Gasteiger partial charge in [0.25, 0.3) is 0 Å². The quantitative estimate of drug-likeness (QED) is 0.655. The normalized spacial score (nSPS) is 9.94. The van der Waals surface area contributed by atoms with Gasteiger partial charge in [0.15, 0.2) is 0 Å². The van der Waals surface area contributed by atoms with Crippen molar-refractivity contribution in [1.29, 1.82) is 0 Å². The smallest absolute Gasteiger partial charge is 0.313 e. The van der Waals surface area contributed by atoms with E-state index in [0.717, 1.165) is 0 Å². The summed E-state index contributed by atoms with van der Waals surface area (Å²) in [5.41, 5.74) is 0.215. The molecule has 0 fully saturated rings. The van der Waals surface area contributed by atoms with Crippen LogP contribution >= 0.6 is 23.2 Å². The molecule has 0 unspecified atom stereocenters. The van der Waals surface area contributed by atoms with Crippen LogP contribution in [-0.4, -0.2) is 32.1 Å². The van der Waals surface area contributed by atoms with E-state index in [4.69, 9.17) is 27.9 Å². The predicted octanol–water partition coefficient (Wildman–Crippen LogP) is 1.69. The molecule has 7 heteroatoms. The second-order valence-corrected chi connectivity index (χ2v) is 4.11. The summed E-state index contributed by atoms with van der Waals surface area (Å²) in [6, 6.07) is 4.76. The van der Waals surface area contributed by atoms with Gasteiger partial charge in [-0.15, -0.1) is 0 Å². The van der Waals surface area contributed by atoms with Gasteiger partial charge in [-0.05, 0) is 12.1 Å². The van der Waals surface area contributed by atoms with Gasteiger partial charge in [0, 0.05) is 13.7 Å². The van der Waals surface area contributed by atoms with Crippen LogP contribution < -0.4 is 10.6 Å². The predicted molar refractivity (Wildman–Crippen MR) is 70.0 cm³/mol. The van der Waals surface area contributed by atoms with Crippen molar-refractivity contribution in [2.75, 3.05) is 25.6 Å². The van der Waals surface area contributed by atoms with Crippen LogP contribution in [0.4, 0.5) is 5.69 Å². The van der Waals surface area contributed by atoms with E-state index >= 15 is 0 Å². The molecule has 5 nitrogen and oxygen atoms in total. The number of carbonyl (C=O) groups is 2. The average Bonchev–Trinajstić information content (AvgIpc) is 2.34. The number of methoxy groups -OCH3 is 1. The Morgan fingerprint density at radius 2 is 1.83 bits per heavy atom. The van der Waals surface area contributed by atoms with Crippen LogP contribution in [0, 0.1) is 0 Å². The minimum Gasteiger partial charge on any atom is -0.383 e. The lowest BCUT2D eigenvalue weighted by atomic mass is 10.3. The van der Waals surface area contributed by atoms with E-state index in [0.29, 0.717) is 6.61 Å². The molecular formula is C11H12Cl2N2O3. The molecule has 0 saturated heterocycles. The highest BCUT2D eigenvalue weighted by molar-refractivity contribution is 6.44. The molecule has 2 amide bonds. The van der Waals surface area contributed by atoms with Crippen molar-refractivity contribution in [2.45, 2.75) is 0 Å². The lowest BCUT2D eigenvalue weighted by molar-refractivity contribution is -0.136. The highest BCUT2D eigenvalue weighted by Crippen LogP contribution is 2.29. The molecule has 0 bridgehead atoms. The molecule has 0 atom stereocenters. The lowest BCUT2D eigenvalue weighted by Gasteiger charge is -2.09. The molecule has 0 aliphatic carbocycles. The van der Waals surface area contributed by atoms with Crippen molar-refractivity contribution in [3.05, 3.63) is 28.2 Å². The van der Waals surface area contributed by atoms with Crippen molar-refractivity contribution in [2.24, 2.45) is 0 Å². The summed E-state index contributed by atoms with van der Waals surface area (Å²) in [7, 11) is 1.50. The minimum atomic E-state index is -0.832. The van der Waals surface area contributed by atoms with Gasteiger partial charge in [0.2, 0.25) is 0 Å².